The van der Waals surface area contributed by atoms with Crippen molar-refractivity contribution in [2.45, 2.75) is 44.1 Å². The number of methoxy groups -OCH3 is 1. The topological polar surface area (TPSA) is 56.8 Å². The average molecular weight is 432 g/mol. The van der Waals surface area contributed by atoms with Crippen molar-refractivity contribution in [2.24, 2.45) is 0 Å². The van der Waals surface area contributed by atoms with Crippen molar-refractivity contribution in [3.63, 3.8) is 0 Å². The molecule has 5 nitrogen and oxygen atoms in total. The van der Waals surface area contributed by atoms with Gasteiger partial charge in [0.25, 0.3) is 0 Å². The number of carbonyl (C=O) groups excluding carboxylic acids is 1. The molecule has 1 aliphatic rings. The number of hydrogen-bond donors (Lipinski definition) is 1. The lowest BCUT2D eigenvalue weighted by Crippen LogP contribution is -2.44. The second-order valence-corrected chi connectivity index (χ2v) is 8.63. The van der Waals surface area contributed by atoms with E-state index in [9.17, 15) is 4.79 Å². The normalized spacial score (nSPS) is 16.1. The zero-order valence-corrected chi connectivity index (χ0v) is 18.6. The first kappa shape index (κ1) is 22.6. The largest absolute Gasteiger partial charge is 0.492 e. The molecule has 6 heteroatoms. The molecule has 0 saturated carbocycles. The van der Waals surface area contributed by atoms with Crippen LogP contribution < -0.4 is 10.1 Å². The van der Waals surface area contributed by atoms with Crippen LogP contribution in [0.5, 0.6) is 5.75 Å². The number of hydrogen-bond acceptors (Lipinski definition) is 4. The third kappa shape index (κ3) is 5.34. The first-order chi connectivity index (χ1) is 14.4. The Morgan fingerprint density at radius 3 is 2.50 bits per heavy atom. The Labute approximate surface area is 183 Å². The number of halogens is 1. The van der Waals surface area contributed by atoms with E-state index in [-0.39, 0.29) is 11.5 Å². The lowest BCUT2D eigenvalue weighted by molar-refractivity contribution is -0.125. The predicted molar refractivity (Wildman–Crippen MR) is 119 cm³/mol. The van der Waals surface area contributed by atoms with Crippen LogP contribution >= 0.6 is 11.6 Å². The highest BCUT2D eigenvalue weighted by Crippen LogP contribution is 2.37. The molecule has 0 unspecified atom stereocenters. The second-order valence-electron chi connectivity index (χ2n) is 8.22. The molecule has 0 atom stereocenters. The molecule has 1 heterocycles. The predicted octanol–water partition coefficient (Wildman–Crippen LogP) is 5.22. The highest BCUT2D eigenvalue weighted by atomic mass is 35.5. The smallest absolute Gasteiger partial charge is 0.235 e. The molecule has 0 spiro atoms. The fraction of sp³-hybridized carbons (Fsp3) is 0.458. The van der Waals surface area contributed by atoms with Crippen molar-refractivity contribution in [1.82, 2.24) is 0 Å². The van der Waals surface area contributed by atoms with Crippen molar-refractivity contribution >= 4 is 23.2 Å². The molecule has 0 bridgehead atoms. The minimum Gasteiger partial charge on any atom is -0.492 e. The highest BCUT2D eigenvalue weighted by molar-refractivity contribution is 6.32. The summed E-state index contributed by atoms with van der Waals surface area (Å²) in [5.74, 6) is 0.550. The first-order valence-electron chi connectivity index (χ1n) is 10.3. The van der Waals surface area contributed by atoms with Gasteiger partial charge in [0, 0.05) is 32.4 Å². The van der Waals surface area contributed by atoms with Gasteiger partial charge in [0.05, 0.1) is 22.6 Å². The maximum Gasteiger partial charge on any atom is 0.235 e. The van der Waals surface area contributed by atoms with Gasteiger partial charge >= 0.3 is 0 Å². The maximum atomic E-state index is 13.3. The molecule has 30 heavy (non-hydrogen) atoms. The van der Waals surface area contributed by atoms with Gasteiger partial charge in [0.15, 0.2) is 0 Å². The molecule has 0 radical (unpaired) electrons. The van der Waals surface area contributed by atoms with Crippen LogP contribution in [0.1, 0.15) is 38.7 Å². The van der Waals surface area contributed by atoms with Crippen LogP contribution in [0.25, 0.3) is 0 Å². The van der Waals surface area contributed by atoms with Crippen molar-refractivity contribution in [1.29, 1.82) is 0 Å². The summed E-state index contributed by atoms with van der Waals surface area (Å²) in [6.07, 6.45) is 2.03. The summed E-state index contributed by atoms with van der Waals surface area (Å²) in [4.78, 5) is 13.3. The zero-order chi connectivity index (χ0) is 21.6. The van der Waals surface area contributed by atoms with Gasteiger partial charge < -0.3 is 19.5 Å². The molecule has 1 N–H and O–H groups in total. The van der Waals surface area contributed by atoms with Crippen LogP contribution in [0.3, 0.4) is 0 Å². The summed E-state index contributed by atoms with van der Waals surface area (Å²) < 4.78 is 16.7. The number of amides is 1. The molecule has 0 aliphatic carbocycles. The Morgan fingerprint density at radius 1 is 1.17 bits per heavy atom. The lowest BCUT2D eigenvalue weighted by atomic mass is 9.73. The van der Waals surface area contributed by atoms with Crippen molar-refractivity contribution < 1.29 is 19.0 Å². The van der Waals surface area contributed by atoms with Crippen LogP contribution in [-0.2, 0) is 19.7 Å². The molecule has 1 aliphatic heterocycles. The van der Waals surface area contributed by atoms with E-state index in [0.717, 1.165) is 12.0 Å². The SMILES string of the molecule is COC(C)(C)CCOc1ccc(NC(=O)C2(c3ccccc3)CCOCC2)cc1Cl. The number of nitrogens with one attached hydrogen (secondary N) is 1. The van der Waals surface area contributed by atoms with E-state index >= 15 is 0 Å². The molecule has 0 aromatic heterocycles. The fourth-order valence-corrected chi connectivity index (χ4v) is 3.81. The molecule has 1 amide bonds. The third-order valence-electron chi connectivity index (χ3n) is 5.81. The van der Waals surface area contributed by atoms with E-state index in [1.165, 1.54) is 0 Å². The lowest BCUT2D eigenvalue weighted by Gasteiger charge is -2.36. The summed E-state index contributed by atoms with van der Waals surface area (Å²) in [7, 11) is 1.69. The van der Waals surface area contributed by atoms with Crippen LogP contribution in [-0.4, -0.2) is 38.4 Å². The van der Waals surface area contributed by atoms with Gasteiger partial charge in [-0.15, -0.1) is 0 Å². The third-order valence-corrected chi connectivity index (χ3v) is 6.11. The first-order valence-corrected chi connectivity index (χ1v) is 10.7. The van der Waals surface area contributed by atoms with Crippen LogP contribution in [0, 0.1) is 0 Å². The molecule has 1 fully saturated rings. The van der Waals surface area contributed by atoms with E-state index < -0.39 is 5.41 Å². The number of benzene rings is 2. The van der Waals surface area contributed by atoms with E-state index in [1.54, 1.807) is 19.2 Å². The van der Waals surface area contributed by atoms with Crippen molar-refractivity contribution in [3.8, 4) is 5.75 Å². The number of ether oxygens (including phenoxy) is 3. The summed E-state index contributed by atoms with van der Waals surface area (Å²) in [5, 5.41) is 3.52. The number of anilines is 1. The minimum atomic E-state index is -0.604. The fourth-order valence-electron chi connectivity index (χ4n) is 3.58. The van der Waals surface area contributed by atoms with Gasteiger partial charge in [-0.3, -0.25) is 4.79 Å². The molecule has 3 rings (SSSR count). The van der Waals surface area contributed by atoms with E-state index in [4.69, 9.17) is 25.8 Å². The van der Waals surface area contributed by atoms with Crippen LogP contribution in [0.4, 0.5) is 5.69 Å². The Kier molecular flexibility index (Phi) is 7.40. The van der Waals surface area contributed by atoms with Crippen LogP contribution in [0.15, 0.2) is 48.5 Å². The van der Waals surface area contributed by atoms with Gasteiger partial charge in [0.2, 0.25) is 5.91 Å². The molecule has 162 valence electrons. The summed E-state index contributed by atoms with van der Waals surface area (Å²) in [5.41, 5.74) is 0.803. The minimum absolute atomic E-state index is 0.0384. The van der Waals surface area contributed by atoms with Gasteiger partial charge in [-0.25, -0.2) is 0 Å². The molecular formula is C24H30ClNO4. The molecule has 2 aromatic carbocycles. The quantitative estimate of drug-likeness (QED) is 0.622. The number of rotatable bonds is 8. The standard InChI is InChI=1S/C24H30ClNO4/c1-23(2,28-3)11-16-30-21-10-9-19(17-20(21)25)26-22(27)24(12-14-29-15-13-24)18-7-5-4-6-8-18/h4-10,17H,11-16H2,1-3H3,(H,26,27). The Morgan fingerprint density at radius 2 is 1.87 bits per heavy atom. The monoisotopic (exact) mass is 431 g/mol. The van der Waals surface area contributed by atoms with E-state index in [2.05, 4.69) is 5.32 Å². The van der Waals surface area contributed by atoms with Gasteiger partial charge in [-0.1, -0.05) is 41.9 Å². The highest BCUT2D eigenvalue weighted by Gasteiger charge is 2.41. The van der Waals surface area contributed by atoms with Crippen molar-refractivity contribution in [2.75, 3.05) is 32.2 Å². The number of carbonyl (C=O) groups is 1. The van der Waals surface area contributed by atoms with Gasteiger partial charge in [0.1, 0.15) is 5.75 Å². The Hall–Kier alpha value is -2.08. The average Bonchev–Trinajstić information content (AvgIpc) is 2.76. The summed E-state index contributed by atoms with van der Waals surface area (Å²) in [6.45, 7) is 5.63. The van der Waals surface area contributed by atoms with E-state index in [1.807, 2.05) is 50.2 Å². The Balaban J connectivity index is 1.70. The van der Waals surface area contributed by atoms with E-state index in [0.29, 0.717) is 49.1 Å². The summed E-state index contributed by atoms with van der Waals surface area (Å²) in [6, 6.07) is 15.2. The molecule has 1 saturated heterocycles. The second kappa shape index (κ2) is 9.82. The maximum absolute atomic E-state index is 13.3. The van der Waals surface area contributed by atoms with Gasteiger partial charge in [-0.2, -0.15) is 0 Å². The molecular weight excluding hydrogens is 402 g/mol. The van der Waals surface area contributed by atoms with Crippen LogP contribution in [0.2, 0.25) is 5.02 Å². The molecule has 2 aromatic rings. The van der Waals surface area contributed by atoms with Gasteiger partial charge in [-0.05, 0) is 50.5 Å². The summed E-state index contributed by atoms with van der Waals surface area (Å²) >= 11 is 6.41. The Bertz CT molecular complexity index is 848. The zero-order valence-electron chi connectivity index (χ0n) is 17.9. The van der Waals surface area contributed by atoms with Crippen molar-refractivity contribution in [3.05, 3.63) is 59.1 Å².